The van der Waals surface area contributed by atoms with Crippen molar-refractivity contribution in [2.75, 3.05) is 64.9 Å². The number of carbonyl (C=O) groups is 1. The monoisotopic (exact) mass is 524 g/mol. The third-order valence-electron chi connectivity index (χ3n) is 6.59. The fourth-order valence-corrected chi connectivity index (χ4v) is 4.30. The molecule has 38 heavy (non-hydrogen) atoms. The highest BCUT2D eigenvalue weighted by Crippen LogP contribution is 2.34. The fourth-order valence-electron chi connectivity index (χ4n) is 4.30. The number of hydrogen-bond acceptors (Lipinski definition) is 8. The highest BCUT2D eigenvalue weighted by atomic mass is 16.5. The predicted octanol–water partition coefficient (Wildman–Crippen LogP) is 3.10. The number of amides is 1. The molecule has 0 spiro atoms. The van der Waals surface area contributed by atoms with E-state index in [1.54, 1.807) is 37.3 Å². The van der Waals surface area contributed by atoms with Crippen LogP contribution in [0.1, 0.15) is 37.8 Å². The number of amidine groups is 2. The lowest BCUT2D eigenvalue weighted by Crippen LogP contribution is -2.46. The second-order valence-corrected chi connectivity index (χ2v) is 9.65. The van der Waals surface area contributed by atoms with Gasteiger partial charge in [-0.15, -0.1) is 0 Å². The highest BCUT2D eigenvalue weighted by Gasteiger charge is 2.27. The number of ether oxygens (including phenoxy) is 2. The zero-order valence-electron chi connectivity index (χ0n) is 23.0. The Morgan fingerprint density at radius 1 is 1.13 bits per heavy atom. The topological polar surface area (TPSA) is 125 Å². The number of phenols is 1. The third kappa shape index (κ3) is 7.02. The molecule has 1 saturated heterocycles. The molecule has 1 heterocycles. The summed E-state index contributed by atoms with van der Waals surface area (Å²) in [4.78, 5) is 18.5. The van der Waals surface area contributed by atoms with Crippen LogP contribution >= 0.6 is 0 Å². The van der Waals surface area contributed by atoms with Gasteiger partial charge in [0, 0.05) is 51.0 Å². The van der Waals surface area contributed by atoms with Crippen molar-refractivity contribution in [3.63, 3.8) is 0 Å². The van der Waals surface area contributed by atoms with E-state index < -0.39 is 11.7 Å². The van der Waals surface area contributed by atoms with E-state index in [-0.39, 0.29) is 23.1 Å². The van der Waals surface area contributed by atoms with Gasteiger partial charge in [-0.25, -0.2) is 0 Å². The normalized spacial score (nSPS) is 14.3. The number of methoxy groups -OCH3 is 1. The number of piperazine rings is 1. The van der Waals surface area contributed by atoms with E-state index in [1.165, 1.54) is 18.1 Å². The van der Waals surface area contributed by atoms with E-state index in [4.69, 9.17) is 20.3 Å². The van der Waals surface area contributed by atoms with Gasteiger partial charge in [0.1, 0.15) is 29.7 Å². The Morgan fingerprint density at radius 2 is 1.79 bits per heavy atom. The Balaban J connectivity index is 1.83. The number of hydrogen-bond donors (Lipinski definition) is 4. The van der Waals surface area contributed by atoms with Crippen LogP contribution in [-0.4, -0.2) is 92.5 Å². The van der Waals surface area contributed by atoms with Crippen molar-refractivity contribution in [3.05, 3.63) is 47.5 Å². The molecule has 2 aromatic rings. The van der Waals surface area contributed by atoms with Crippen molar-refractivity contribution in [3.8, 4) is 17.2 Å². The van der Waals surface area contributed by atoms with Gasteiger partial charge >= 0.3 is 0 Å². The van der Waals surface area contributed by atoms with Crippen LogP contribution in [0.5, 0.6) is 17.2 Å². The standard InChI is InChI=1S/C28H40N6O4/c1-6-31-28(36)27(30)34(26(29)23-17-22(19(2)3)25(37-5)18-24(23)35)20-7-9-21(10-8-20)38-16-15-33-13-11-32(4)12-14-33/h7-10,17-19,29-30,35H,6,11-16H2,1-5H3,(H,31,36). The second-order valence-electron chi connectivity index (χ2n) is 9.65. The molecule has 0 radical (unpaired) electrons. The van der Waals surface area contributed by atoms with Crippen LogP contribution in [0, 0.1) is 10.8 Å². The zero-order chi connectivity index (χ0) is 27.8. The fraction of sp³-hybridized carbons (Fsp3) is 0.464. The molecule has 0 aromatic heterocycles. The van der Waals surface area contributed by atoms with Crippen molar-refractivity contribution >= 4 is 23.3 Å². The molecule has 1 amide bonds. The first-order chi connectivity index (χ1) is 18.2. The van der Waals surface area contributed by atoms with Gasteiger partial charge in [-0.2, -0.15) is 0 Å². The van der Waals surface area contributed by atoms with E-state index in [2.05, 4.69) is 22.2 Å². The van der Waals surface area contributed by atoms with Crippen molar-refractivity contribution in [1.82, 2.24) is 15.1 Å². The maximum absolute atomic E-state index is 12.6. The van der Waals surface area contributed by atoms with Gasteiger partial charge in [0.2, 0.25) is 0 Å². The lowest BCUT2D eigenvalue weighted by atomic mass is 9.98. The molecule has 0 saturated carbocycles. The summed E-state index contributed by atoms with van der Waals surface area (Å²) >= 11 is 0. The number of carbonyl (C=O) groups excluding carboxylic acids is 1. The first-order valence-corrected chi connectivity index (χ1v) is 13.0. The first-order valence-electron chi connectivity index (χ1n) is 13.0. The summed E-state index contributed by atoms with van der Waals surface area (Å²) in [6.45, 7) is 11.6. The summed E-state index contributed by atoms with van der Waals surface area (Å²) in [5, 5.41) is 30.9. The first kappa shape index (κ1) is 28.9. The molecule has 0 atom stereocenters. The quantitative estimate of drug-likeness (QED) is 0.293. The molecule has 0 aliphatic carbocycles. The molecule has 4 N–H and O–H groups in total. The number of aromatic hydroxyl groups is 1. The smallest absolute Gasteiger partial charge is 0.287 e. The third-order valence-corrected chi connectivity index (χ3v) is 6.59. The Hall–Kier alpha value is -3.63. The van der Waals surface area contributed by atoms with E-state index in [9.17, 15) is 9.90 Å². The molecular formula is C28H40N6O4. The predicted molar refractivity (Wildman–Crippen MR) is 150 cm³/mol. The number of likely N-dealkylation sites (N-methyl/N-ethyl adjacent to an activating group) is 2. The molecule has 10 heteroatoms. The van der Waals surface area contributed by atoms with Crippen LogP contribution in [0.4, 0.5) is 5.69 Å². The van der Waals surface area contributed by atoms with Gasteiger partial charge in [-0.1, -0.05) is 13.8 Å². The molecule has 0 bridgehead atoms. The van der Waals surface area contributed by atoms with Crippen LogP contribution in [0.15, 0.2) is 36.4 Å². The summed E-state index contributed by atoms with van der Waals surface area (Å²) in [7, 11) is 3.65. The number of nitrogens with zero attached hydrogens (tertiary/aromatic N) is 3. The molecule has 1 aliphatic rings. The molecular weight excluding hydrogens is 484 g/mol. The number of phenolic OH excluding ortho intramolecular Hbond substituents is 1. The SMILES string of the molecule is CCNC(=O)C(=N)N(C(=N)c1cc(C(C)C)c(OC)cc1O)c1ccc(OCCN2CCN(C)CC2)cc1. The Kier molecular flexibility index (Phi) is 10.1. The van der Waals surface area contributed by atoms with Gasteiger partial charge in [-0.05, 0) is 55.8 Å². The van der Waals surface area contributed by atoms with Gasteiger partial charge in [0.05, 0.1) is 12.7 Å². The number of rotatable bonds is 9. The molecule has 10 nitrogen and oxygen atoms in total. The van der Waals surface area contributed by atoms with Crippen molar-refractivity contribution in [1.29, 1.82) is 10.8 Å². The largest absolute Gasteiger partial charge is 0.507 e. The molecule has 206 valence electrons. The molecule has 2 aromatic carbocycles. The average molecular weight is 525 g/mol. The molecule has 3 rings (SSSR count). The summed E-state index contributed by atoms with van der Waals surface area (Å²) in [5.41, 5.74) is 1.42. The minimum atomic E-state index is -0.623. The lowest BCUT2D eigenvalue weighted by Gasteiger charge is -2.32. The lowest BCUT2D eigenvalue weighted by molar-refractivity contribution is -0.114. The van der Waals surface area contributed by atoms with E-state index in [0.717, 1.165) is 38.3 Å². The van der Waals surface area contributed by atoms with E-state index in [0.29, 0.717) is 30.3 Å². The molecule has 1 aliphatic heterocycles. The van der Waals surface area contributed by atoms with Gasteiger partial charge < -0.3 is 24.8 Å². The molecule has 0 unspecified atom stereocenters. The number of anilines is 1. The van der Waals surface area contributed by atoms with Crippen LogP contribution in [0.2, 0.25) is 0 Å². The second kappa shape index (κ2) is 13.3. The molecule has 1 fully saturated rings. The minimum absolute atomic E-state index is 0.0654. The Labute approximate surface area is 225 Å². The summed E-state index contributed by atoms with van der Waals surface area (Å²) in [6.07, 6.45) is 0. The maximum atomic E-state index is 12.6. The summed E-state index contributed by atoms with van der Waals surface area (Å²) in [6, 6.07) is 10.1. The maximum Gasteiger partial charge on any atom is 0.287 e. The van der Waals surface area contributed by atoms with Crippen molar-refractivity contribution in [2.45, 2.75) is 26.7 Å². The van der Waals surface area contributed by atoms with E-state index in [1.807, 2.05) is 13.8 Å². The van der Waals surface area contributed by atoms with Crippen molar-refractivity contribution < 1.29 is 19.4 Å². The van der Waals surface area contributed by atoms with Gasteiger partial charge in [-0.3, -0.25) is 25.4 Å². The highest BCUT2D eigenvalue weighted by molar-refractivity contribution is 6.48. The van der Waals surface area contributed by atoms with Crippen LogP contribution in [0.25, 0.3) is 0 Å². The Morgan fingerprint density at radius 3 is 2.37 bits per heavy atom. The Bertz CT molecular complexity index is 1130. The zero-order valence-corrected chi connectivity index (χ0v) is 23.0. The van der Waals surface area contributed by atoms with Gasteiger partial charge in [0.15, 0.2) is 5.84 Å². The summed E-state index contributed by atoms with van der Waals surface area (Å²) in [5.74, 6) is -0.189. The van der Waals surface area contributed by atoms with E-state index >= 15 is 0 Å². The summed E-state index contributed by atoms with van der Waals surface area (Å²) < 4.78 is 11.3. The van der Waals surface area contributed by atoms with Crippen LogP contribution in [0.3, 0.4) is 0 Å². The number of benzene rings is 2. The average Bonchev–Trinajstić information content (AvgIpc) is 2.90. The van der Waals surface area contributed by atoms with Crippen LogP contribution < -0.4 is 19.7 Å². The van der Waals surface area contributed by atoms with Crippen LogP contribution in [-0.2, 0) is 4.79 Å². The van der Waals surface area contributed by atoms with Crippen molar-refractivity contribution in [2.24, 2.45) is 0 Å². The minimum Gasteiger partial charge on any atom is -0.507 e. The van der Waals surface area contributed by atoms with Gasteiger partial charge in [0.25, 0.3) is 5.91 Å². The number of nitrogens with one attached hydrogen (secondary N) is 3.